The monoisotopic (exact) mass is 259 g/mol. The highest BCUT2D eigenvalue weighted by atomic mass is 19.1. The van der Waals surface area contributed by atoms with Crippen LogP contribution in [0.1, 0.15) is 22.1 Å². The van der Waals surface area contributed by atoms with Crippen LogP contribution in [0.4, 0.5) is 4.39 Å². The van der Waals surface area contributed by atoms with E-state index in [1.807, 2.05) is 0 Å². The van der Waals surface area contributed by atoms with Crippen LogP contribution >= 0.6 is 0 Å². The molecule has 96 valence electrons. The molecule has 5 nitrogen and oxygen atoms in total. The van der Waals surface area contributed by atoms with Crippen molar-refractivity contribution in [3.8, 4) is 5.75 Å². The van der Waals surface area contributed by atoms with E-state index < -0.39 is 0 Å². The summed E-state index contributed by atoms with van der Waals surface area (Å²) >= 11 is 0. The molecule has 1 amide bonds. The van der Waals surface area contributed by atoms with Crippen molar-refractivity contribution in [2.24, 2.45) is 0 Å². The number of nitrogens with one attached hydrogen (secondary N) is 1. The Labute approximate surface area is 108 Å². The van der Waals surface area contributed by atoms with Crippen LogP contribution in [0.2, 0.25) is 0 Å². The van der Waals surface area contributed by atoms with E-state index in [0.717, 1.165) is 0 Å². The molecular formula is C13H10FN3O2. The zero-order valence-corrected chi connectivity index (χ0v) is 9.84. The Kier molecular flexibility index (Phi) is 2.83. The van der Waals surface area contributed by atoms with E-state index in [0.29, 0.717) is 11.3 Å². The summed E-state index contributed by atoms with van der Waals surface area (Å²) < 4.78 is 18.6. The van der Waals surface area contributed by atoms with Crippen molar-refractivity contribution in [1.82, 2.24) is 15.3 Å². The molecule has 3 rings (SSSR count). The van der Waals surface area contributed by atoms with Crippen molar-refractivity contribution in [3.05, 3.63) is 53.9 Å². The fourth-order valence-corrected chi connectivity index (χ4v) is 1.95. The standard InChI is InChI=1S/C13H10FN3O2/c14-8-1-2-12-9(5-8)11(7-19-12)17-13(18)10-6-15-3-4-16-10/h1-6,11H,7H2,(H,17,18). The number of carbonyl (C=O) groups is 1. The lowest BCUT2D eigenvalue weighted by atomic mass is 10.1. The zero-order chi connectivity index (χ0) is 13.2. The molecule has 1 atom stereocenters. The summed E-state index contributed by atoms with van der Waals surface area (Å²) in [7, 11) is 0. The van der Waals surface area contributed by atoms with Crippen LogP contribution < -0.4 is 10.1 Å². The quantitative estimate of drug-likeness (QED) is 0.887. The van der Waals surface area contributed by atoms with Crippen LogP contribution in [0.5, 0.6) is 5.75 Å². The lowest BCUT2D eigenvalue weighted by Crippen LogP contribution is -2.30. The molecule has 0 saturated carbocycles. The van der Waals surface area contributed by atoms with E-state index in [2.05, 4.69) is 15.3 Å². The van der Waals surface area contributed by atoms with E-state index in [9.17, 15) is 9.18 Å². The molecule has 2 heterocycles. The highest BCUT2D eigenvalue weighted by Gasteiger charge is 2.26. The van der Waals surface area contributed by atoms with Crippen LogP contribution in [0.3, 0.4) is 0 Å². The summed E-state index contributed by atoms with van der Waals surface area (Å²) in [4.78, 5) is 19.7. The van der Waals surface area contributed by atoms with Gasteiger partial charge in [0.15, 0.2) is 0 Å². The predicted octanol–water partition coefficient (Wildman–Crippen LogP) is 1.48. The van der Waals surface area contributed by atoms with E-state index in [1.165, 1.54) is 30.7 Å². The van der Waals surface area contributed by atoms with Gasteiger partial charge in [-0.1, -0.05) is 0 Å². The number of carbonyl (C=O) groups excluding carboxylic acids is 1. The fraction of sp³-hybridized carbons (Fsp3) is 0.154. The van der Waals surface area contributed by atoms with E-state index in [1.54, 1.807) is 6.07 Å². The Morgan fingerprint density at radius 3 is 3.11 bits per heavy atom. The highest BCUT2D eigenvalue weighted by Crippen LogP contribution is 2.32. The molecule has 1 aliphatic rings. The summed E-state index contributed by atoms with van der Waals surface area (Å²) in [5.41, 5.74) is 0.851. The topological polar surface area (TPSA) is 64.1 Å². The van der Waals surface area contributed by atoms with Crippen molar-refractivity contribution in [1.29, 1.82) is 0 Å². The second-order valence-electron chi connectivity index (χ2n) is 4.11. The zero-order valence-electron chi connectivity index (χ0n) is 9.84. The molecule has 0 spiro atoms. The fourth-order valence-electron chi connectivity index (χ4n) is 1.95. The Morgan fingerprint density at radius 2 is 2.32 bits per heavy atom. The number of nitrogens with zero attached hydrogens (tertiary/aromatic N) is 2. The van der Waals surface area contributed by atoms with Crippen LogP contribution in [-0.2, 0) is 0 Å². The SMILES string of the molecule is O=C(NC1COc2ccc(F)cc21)c1cnccn1. The molecule has 0 bridgehead atoms. The number of aromatic nitrogens is 2. The number of hydrogen-bond acceptors (Lipinski definition) is 4. The molecule has 1 unspecified atom stereocenters. The Morgan fingerprint density at radius 1 is 1.42 bits per heavy atom. The summed E-state index contributed by atoms with van der Waals surface area (Å²) in [6.07, 6.45) is 4.30. The molecule has 0 radical (unpaired) electrons. The van der Waals surface area contributed by atoms with E-state index >= 15 is 0 Å². The molecule has 1 aliphatic heterocycles. The van der Waals surface area contributed by atoms with Crippen molar-refractivity contribution >= 4 is 5.91 Å². The summed E-state index contributed by atoms with van der Waals surface area (Å²) in [5.74, 6) is -0.132. The Balaban J connectivity index is 1.80. The third-order valence-corrected chi connectivity index (χ3v) is 2.85. The van der Waals surface area contributed by atoms with Gasteiger partial charge in [-0.05, 0) is 18.2 Å². The first-order valence-electron chi connectivity index (χ1n) is 5.73. The molecule has 19 heavy (non-hydrogen) atoms. The predicted molar refractivity (Wildman–Crippen MR) is 64.1 cm³/mol. The summed E-state index contributed by atoms with van der Waals surface area (Å²) in [6, 6.07) is 3.87. The first-order chi connectivity index (χ1) is 9.24. The van der Waals surface area contributed by atoms with E-state index in [4.69, 9.17) is 4.74 Å². The largest absolute Gasteiger partial charge is 0.491 e. The highest BCUT2D eigenvalue weighted by molar-refractivity contribution is 5.92. The first-order valence-corrected chi connectivity index (χ1v) is 5.73. The minimum Gasteiger partial charge on any atom is -0.491 e. The van der Waals surface area contributed by atoms with Crippen molar-refractivity contribution in [2.75, 3.05) is 6.61 Å². The average molecular weight is 259 g/mol. The number of hydrogen-bond donors (Lipinski definition) is 1. The van der Waals surface area contributed by atoms with Gasteiger partial charge in [-0.25, -0.2) is 9.37 Å². The molecule has 2 aromatic rings. The molecule has 0 aliphatic carbocycles. The number of amides is 1. The first kappa shape index (κ1) is 11.6. The van der Waals surface area contributed by atoms with Gasteiger partial charge in [0.25, 0.3) is 5.91 Å². The van der Waals surface area contributed by atoms with Crippen LogP contribution in [0, 0.1) is 5.82 Å². The smallest absolute Gasteiger partial charge is 0.272 e. The minimum absolute atomic E-state index is 0.215. The maximum Gasteiger partial charge on any atom is 0.272 e. The van der Waals surface area contributed by atoms with Crippen LogP contribution in [0.15, 0.2) is 36.8 Å². The molecule has 1 N–H and O–H groups in total. The van der Waals surface area contributed by atoms with Gasteiger partial charge in [0.05, 0.1) is 12.2 Å². The summed E-state index contributed by atoms with van der Waals surface area (Å²) in [6.45, 7) is 0.283. The van der Waals surface area contributed by atoms with Crippen molar-refractivity contribution in [3.63, 3.8) is 0 Å². The number of halogens is 1. The second-order valence-corrected chi connectivity index (χ2v) is 4.11. The third-order valence-electron chi connectivity index (χ3n) is 2.85. The minimum atomic E-state index is -0.375. The van der Waals surface area contributed by atoms with Crippen molar-refractivity contribution < 1.29 is 13.9 Å². The number of benzene rings is 1. The third kappa shape index (κ3) is 2.24. The Bertz CT molecular complexity index is 619. The molecule has 0 saturated heterocycles. The molecule has 1 aromatic heterocycles. The number of rotatable bonds is 2. The maximum atomic E-state index is 13.2. The Hall–Kier alpha value is -2.50. The van der Waals surface area contributed by atoms with Gasteiger partial charge in [0.2, 0.25) is 0 Å². The molecule has 1 aromatic carbocycles. The second kappa shape index (κ2) is 4.64. The molecule has 0 fully saturated rings. The summed E-state index contributed by atoms with van der Waals surface area (Å²) in [5, 5.41) is 2.75. The van der Waals surface area contributed by atoms with Gasteiger partial charge in [-0.2, -0.15) is 0 Å². The lowest BCUT2D eigenvalue weighted by molar-refractivity contribution is 0.0925. The maximum absolute atomic E-state index is 13.2. The molecular weight excluding hydrogens is 249 g/mol. The van der Waals surface area contributed by atoms with E-state index in [-0.39, 0.29) is 30.1 Å². The lowest BCUT2D eigenvalue weighted by Gasteiger charge is -2.10. The average Bonchev–Trinajstić information content (AvgIpc) is 2.82. The van der Waals surface area contributed by atoms with Gasteiger partial charge in [-0.15, -0.1) is 0 Å². The normalized spacial score (nSPS) is 16.6. The van der Waals surface area contributed by atoms with Gasteiger partial charge in [0, 0.05) is 18.0 Å². The van der Waals surface area contributed by atoms with Gasteiger partial charge < -0.3 is 10.1 Å². The molecule has 6 heteroatoms. The van der Waals surface area contributed by atoms with Gasteiger partial charge in [0.1, 0.15) is 23.9 Å². The number of fused-ring (bicyclic) bond motifs is 1. The van der Waals surface area contributed by atoms with Gasteiger partial charge in [-0.3, -0.25) is 9.78 Å². The van der Waals surface area contributed by atoms with Gasteiger partial charge >= 0.3 is 0 Å². The van der Waals surface area contributed by atoms with Crippen LogP contribution in [0.25, 0.3) is 0 Å². The number of ether oxygens (including phenoxy) is 1. The van der Waals surface area contributed by atoms with Crippen molar-refractivity contribution in [2.45, 2.75) is 6.04 Å². The van der Waals surface area contributed by atoms with Crippen LogP contribution in [-0.4, -0.2) is 22.5 Å².